The highest BCUT2D eigenvalue weighted by molar-refractivity contribution is 6.52. The first-order chi connectivity index (χ1) is 10.1. The minimum Gasteiger partial charge on any atom is -0.369 e. The van der Waals surface area contributed by atoms with Crippen LogP contribution in [-0.2, 0) is 4.79 Å². The van der Waals surface area contributed by atoms with Crippen molar-refractivity contribution in [2.24, 2.45) is 0 Å². The molecule has 1 amide bonds. The van der Waals surface area contributed by atoms with Gasteiger partial charge in [-0.2, -0.15) is 0 Å². The average molecular weight is 287 g/mol. The van der Waals surface area contributed by atoms with Gasteiger partial charge < -0.3 is 9.80 Å². The maximum Gasteiger partial charge on any atom is 0.299 e. The Morgan fingerprint density at radius 1 is 1.10 bits per heavy atom. The van der Waals surface area contributed by atoms with Gasteiger partial charge >= 0.3 is 0 Å². The molecule has 5 nitrogen and oxygen atoms in total. The first-order valence-corrected chi connectivity index (χ1v) is 7.55. The molecule has 2 heterocycles. The number of nitrogens with zero attached hydrogens (tertiary/aromatic N) is 3. The summed E-state index contributed by atoms with van der Waals surface area (Å²) in [4.78, 5) is 29.8. The summed E-state index contributed by atoms with van der Waals surface area (Å²) in [5, 5.41) is 0. The minimum absolute atomic E-state index is 0.396. The summed E-state index contributed by atoms with van der Waals surface area (Å²) in [6.07, 6.45) is 1.19. The highest BCUT2D eigenvalue weighted by Gasteiger charge is 2.33. The topological polar surface area (TPSA) is 43.9 Å². The maximum atomic E-state index is 11.8. The van der Waals surface area contributed by atoms with Gasteiger partial charge in [0.2, 0.25) is 0 Å². The molecule has 0 radical (unpaired) electrons. The van der Waals surface area contributed by atoms with E-state index in [-0.39, 0.29) is 0 Å². The predicted molar refractivity (Wildman–Crippen MR) is 83.1 cm³/mol. The molecule has 2 aliphatic rings. The Bertz CT molecular complexity index is 577. The predicted octanol–water partition coefficient (Wildman–Crippen LogP) is 1.38. The molecular formula is C16H21N3O2. The molecule has 0 bridgehead atoms. The zero-order chi connectivity index (χ0) is 15.0. The molecule has 5 heteroatoms. The van der Waals surface area contributed by atoms with Crippen LogP contribution in [0.5, 0.6) is 0 Å². The fourth-order valence-corrected chi connectivity index (χ4v) is 3.11. The van der Waals surface area contributed by atoms with Crippen molar-refractivity contribution < 1.29 is 9.59 Å². The van der Waals surface area contributed by atoms with Gasteiger partial charge in [0.05, 0.1) is 11.3 Å². The van der Waals surface area contributed by atoms with Crippen molar-refractivity contribution in [2.75, 3.05) is 49.6 Å². The van der Waals surface area contributed by atoms with Gasteiger partial charge in [-0.3, -0.25) is 14.5 Å². The van der Waals surface area contributed by atoms with Crippen molar-refractivity contribution in [3.05, 3.63) is 23.8 Å². The molecule has 112 valence electrons. The van der Waals surface area contributed by atoms with E-state index >= 15 is 0 Å². The van der Waals surface area contributed by atoms with E-state index in [9.17, 15) is 9.59 Å². The van der Waals surface area contributed by atoms with Gasteiger partial charge in [-0.05, 0) is 31.2 Å². The van der Waals surface area contributed by atoms with Gasteiger partial charge in [0.1, 0.15) is 0 Å². The number of likely N-dealkylation sites (N-methyl/N-ethyl adjacent to an activating group) is 1. The van der Waals surface area contributed by atoms with Gasteiger partial charge in [-0.1, -0.05) is 6.92 Å². The lowest BCUT2D eigenvalue weighted by atomic mass is 10.1. The number of ketones is 1. The summed E-state index contributed by atoms with van der Waals surface area (Å²) < 4.78 is 0. The zero-order valence-electron chi connectivity index (χ0n) is 12.6. The van der Waals surface area contributed by atoms with Crippen LogP contribution in [0.25, 0.3) is 0 Å². The monoisotopic (exact) mass is 287 g/mol. The molecule has 1 fully saturated rings. The van der Waals surface area contributed by atoms with Crippen LogP contribution in [0.3, 0.4) is 0 Å². The molecule has 0 atom stereocenters. The fourth-order valence-electron chi connectivity index (χ4n) is 3.11. The molecule has 0 N–H and O–H groups in total. The fraction of sp³-hybridized carbons (Fsp3) is 0.500. The van der Waals surface area contributed by atoms with Crippen molar-refractivity contribution in [3.8, 4) is 0 Å². The number of anilines is 2. The maximum absolute atomic E-state index is 11.8. The van der Waals surface area contributed by atoms with Crippen LogP contribution in [0.4, 0.5) is 11.4 Å². The van der Waals surface area contributed by atoms with Gasteiger partial charge in [-0.25, -0.2) is 0 Å². The Kier molecular flexibility index (Phi) is 3.68. The second-order valence-corrected chi connectivity index (χ2v) is 5.72. The zero-order valence-corrected chi connectivity index (χ0v) is 12.6. The lowest BCUT2D eigenvalue weighted by Gasteiger charge is -2.36. The summed E-state index contributed by atoms with van der Waals surface area (Å²) in [5.41, 5.74) is 2.36. The first kappa shape index (κ1) is 14.1. The number of carbonyl (C=O) groups excluding carboxylic acids is 2. The number of amides is 1. The van der Waals surface area contributed by atoms with Crippen molar-refractivity contribution >= 4 is 23.1 Å². The number of piperazine rings is 1. The number of hydrogen-bond donors (Lipinski definition) is 0. The van der Waals surface area contributed by atoms with Crippen molar-refractivity contribution in [3.63, 3.8) is 0 Å². The SMILES string of the molecule is CCCN1CCN(c2ccc3c(c2)N(C)C(=O)C3=O)CC1. The highest BCUT2D eigenvalue weighted by Crippen LogP contribution is 2.32. The third kappa shape index (κ3) is 2.42. The Morgan fingerprint density at radius 2 is 1.81 bits per heavy atom. The molecule has 2 aliphatic heterocycles. The standard InChI is InChI=1S/C16H21N3O2/c1-3-6-18-7-9-19(10-8-18)12-4-5-13-14(11-12)17(2)16(21)15(13)20/h4-5,11H,3,6-10H2,1-2H3. The number of hydrogen-bond acceptors (Lipinski definition) is 4. The quantitative estimate of drug-likeness (QED) is 0.788. The van der Waals surface area contributed by atoms with E-state index < -0.39 is 11.7 Å². The summed E-state index contributed by atoms with van der Waals surface area (Å²) in [6.45, 7) is 7.48. The third-order valence-corrected chi connectivity index (χ3v) is 4.36. The van der Waals surface area contributed by atoms with E-state index in [0.29, 0.717) is 5.56 Å². The van der Waals surface area contributed by atoms with E-state index in [2.05, 4.69) is 16.7 Å². The minimum atomic E-state index is -0.435. The van der Waals surface area contributed by atoms with Crippen molar-refractivity contribution in [1.82, 2.24) is 4.90 Å². The molecule has 0 saturated carbocycles. The number of benzene rings is 1. The summed E-state index contributed by atoms with van der Waals surface area (Å²) in [5.74, 6) is -0.832. The molecule has 0 unspecified atom stereocenters. The highest BCUT2D eigenvalue weighted by atomic mass is 16.2. The number of Topliss-reactive ketones (excluding diaryl/α,β-unsaturated/α-hetero) is 1. The van der Waals surface area contributed by atoms with E-state index in [1.165, 1.54) is 11.3 Å². The molecule has 0 spiro atoms. The lowest BCUT2D eigenvalue weighted by Crippen LogP contribution is -2.46. The molecule has 1 aromatic carbocycles. The van der Waals surface area contributed by atoms with Crippen LogP contribution in [0, 0.1) is 0 Å². The number of fused-ring (bicyclic) bond motifs is 1. The summed E-state index contributed by atoms with van der Waals surface area (Å²) >= 11 is 0. The second-order valence-electron chi connectivity index (χ2n) is 5.72. The Hall–Kier alpha value is -1.88. The van der Waals surface area contributed by atoms with Crippen molar-refractivity contribution in [2.45, 2.75) is 13.3 Å². The smallest absolute Gasteiger partial charge is 0.299 e. The van der Waals surface area contributed by atoms with E-state index in [4.69, 9.17) is 0 Å². The molecule has 21 heavy (non-hydrogen) atoms. The third-order valence-electron chi connectivity index (χ3n) is 4.36. The Labute approximate surface area is 125 Å². The van der Waals surface area contributed by atoms with Crippen molar-refractivity contribution in [1.29, 1.82) is 0 Å². The first-order valence-electron chi connectivity index (χ1n) is 7.55. The normalized spacial score (nSPS) is 19.3. The van der Waals surface area contributed by atoms with Crippen LogP contribution in [0.15, 0.2) is 18.2 Å². The van der Waals surface area contributed by atoms with Gasteiger partial charge in [0, 0.05) is 38.9 Å². The summed E-state index contributed by atoms with van der Waals surface area (Å²) in [7, 11) is 1.66. The number of rotatable bonds is 3. The van der Waals surface area contributed by atoms with Crippen LogP contribution < -0.4 is 9.80 Å². The van der Waals surface area contributed by atoms with Crippen LogP contribution in [0.2, 0.25) is 0 Å². The Balaban J connectivity index is 1.77. The van der Waals surface area contributed by atoms with Gasteiger partial charge in [0.15, 0.2) is 0 Å². The molecule has 1 saturated heterocycles. The Morgan fingerprint density at radius 3 is 2.48 bits per heavy atom. The van der Waals surface area contributed by atoms with Gasteiger partial charge in [0.25, 0.3) is 11.7 Å². The average Bonchev–Trinajstić information content (AvgIpc) is 2.73. The van der Waals surface area contributed by atoms with E-state index in [1.54, 1.807) is 13.1 Å². The van der Waals surface area contributed by atoms with Crippen LogP contribution in [-0.4, -0.2) is 56.4 Å². The van der Waals surface area contributed by atoms with E-state index in [1.807, 2.05) is 12.1 Å². The second kappa shape index (κ2) is 5.48. The molecular weight excluding hydrogens is 266 g/mol. The number of carbonyl (C=O) groups is 2. The van der Waals surface area contributed by atoms with Crippen LogP contribution in [0.1, 0.15) is 23.7 Å². The van der Waals surface area contributed by atoms with Crippen LogP contribution >= 0.6 is 0 Å². The largest absolute Gasteiger partial charge is 0.369 e. The molecule has 0 aromatic heterocycles. The molecule has 1 aromatic rings. The summed E-state index contributed by atoms with van der Waals surface area (Å²) in [6, 6.07) is 5.71. The molecule has 3 rings (SSSR count). The molecule has 0 aliphatic carbocycles. The van der Waals surface area contributed by atoms with Gasteiger partial charge in [-0.15, -0.1) is 0 Å². The lowest BCUT2D eigenvalue weighted by molar-refractivity contribution is -0.114. The van der Waals surface area contributed by atoms with E-state index in [0.717, 1.165) is 44.1 Å².